The number of aromatic nitrogens is 2. The van der Waals surface area contributed by atoms with Crippen LogP contribution in [-0.2, 0) is 0 Å². The Labute approximate surface area is 186 Å². The quantitative estimate of drug-likeness (QED) is 0.310. The number of amides is 1. The van der Waals surface area contributed by atoms with Gasteiger partial charge in [-0.05, 0) is 52.3 Å². The van der Waals surface area contributed by atoms with E-state index in [0.29, 0.717) is 4.47 Å². The Balaban J connectivity index is 1.78. The summed E-state index contributed by atoms with van der Waals surface area (Å²) in [6.45, 7) is 0. The highest BCUT2D eigenvalue weighted by Crippen LogP contribution is 2.32. The summed E-state index contributed by atoms with van der Waals surface area (Å²) < 4.78 is 41.1. The molecule has 0 atom stereocenters. The Morgan fingerprint density at radius 3 is 2.34 bits per heavy atom. The molecule has 0 radical (unpaired) electrons. The summed E-state index contributed by atoms with van der Waals surface area (Å²) in [7, 11) is 0. The highest BCUT2D eigenvalue weighted by atomic mass is 79.9. The van der Waals surface area contributed by atoms with Crippen LogP contribution < -0.4 is 20.9 Å². The minimum absolute atomic E-state index is 0.199. The van der Waals surface area contributed by atoms with Crippen LogP contribution in [0.15, 0.2) is 59.3 Å². The number of ether oxygens (including phenoxy) is 1. The zero-order chi connectivity index (χ0) is 23.3. The van der Waals surface area contributed by atoms with Crippen LogP contribution in [0, 0.1) is 10.1 Å². The van der Waals surface area contributed by atoms with E-state index in [0.717, 1.165) is 18.5 Å². The molecule has 1 amide bonds. The molecule has 0 saturated heterocycles. The molecule has 0 saturated carbocycles. The lowest BCUT2D eigenvalue weighted by Gasteiger charge is -2.12. The van der Waals surface area contributed by atoms with E-state index in [9.17, 15) is 28.1 Å². The number of benzene rings is 2. The number of hydrazine groups is 1. The molecule has 32 heavy (non-hydrogen) atoms. The molecule has 3 rings (SSSR count). The van der Waals surface area contributed by atoms with E-state index in [1.54, 1.807) is 18.2 Å². The van der Waals surface area contributed by atoms with Crippen molar-refractivity contribution in [2.45, 2.75) is 6.36 Å². The maximum Gasteiger partial charge on any atom is 0.573 e. The molecule has 2 aromatic carbocycles. The second kappa shape index (κ2) is 9.47. The molecule has 3 aromatic rings. The Morgan fingerprint density at radius 1 is 1.06 bits per heavy atom. The molecule has 0 spiro atoms. The molecule has 14 heteroatoms. The first-order valence-corrected chi connectivity index (χ1v) is 9.36. The van der Waals surface area contributed by atoms with Gasteiger partial charge in [-0.25, -0.2) is 9.97 Å². The minimum atomic E-state index is -4.85. The minimum Gasteiger partial charge on any atom is -0.406 e. The molecule has 1 heterocycles. The summed E-state index contributed by atoms with van der Waals surface area (Å²) in [5.41, 5.74) is 4.56. The van der Waals surface area contributed by atoms with E-state index in [-0.39, 0.29) is 22.9 Å². The van der Waals surface area contributed by atoms with Crippen LogP contribution in [0.2, 0.25) is 0 Å². The summed E-state index contributed by atoms with van der Waals surface area (Å²) in [6, 6.07) is 11.0. The molecule has 0 aliphatic rings. The number of nitro groups is 1. The summed E-state index contributed by atoms with van der Waals surface area (Å²) >= 11 is 3.23. The van der Waals surface area contributed by atoms with Crippen LogP contribution in [0.3, 0.4) is 0 Å². The van der Waals surface area contributed by atoms with Gasteiger partial charge in [0.2, 0.25) is 11.6 Å². The first kappa shape index (κ1) is 22.7. The first-order chi connectivity index (χ1) is 15.1. The van der Waals surface area contributed by atoms with Gasteiger partial charge in [-0.2, -0.15) is 0 Å². The Bertz CT molecular complexity index is 1140. The van der Waals surface area contributed by atoms with Crippen molar-refractivity contribution in [3.05, 3.63) is 75.0 Å². The number of carbonyl (C=O) groups excluding carboxylic acids is 1. The van der Waals surface area contributed by atoms with E-state index < -0.39 is 28.6 Å². The lowest BCUT2D eigenvalue weighted by atomic mass is 10.2. The van der Waals surface area contributed by atoms with Crippen LogP contribution in [0.5, 0.6) is 5.75 Å². The fraction of sp³-hybridized carbons (Fsp3) is 0.0556. The SMILES string of the molecule is O=C(NNc1ncnc(Nc2ccc(OC(F)(F)F)cc2)c1[N+](=O)[O-])c1ccccc1Br. The maximum atomic E-state index is 12.3. The number of hydrogen-bond donors (Lipinski definition) is 3. The third kappa shape index (κ3) is 5.81. The molecule has 0 fully saturated rings. The molecule has 0 aliphatic carbocycles. The van der Waals surface area contributed by atoms with E-state index in [4.69, 9.17) is 0 Å². The van der Waals surface area contributed by atoms with Crippen molar-refractivity contribution >= 4 is 44.8 Å². The molecule has 0 unspecified atom stereocenters. The summed E-state index contributed by atoms with van der Waals surface area (Å²) in [6.07, 6.45) is -3.84. The van der Waals surface area contributed by atoms with Crippen LogP contribution in [0.1, 0.15) is 10.4 Å². The second-order valence-corrected chi connectivity index (χ2v) is 6.79. The third-order valence-electron chi connectivity index (χ3n) is 3.77. The lowest BCUT2D eigenvalue weighted by Crippen LogP contribution is -2.30. The number of nitrogens with one attached hydrogen (secondary N) is 3. The van der Waals surface area contributed by atoms with Gasteiger partial charge < -0.3 is 10.1 Å². The molecule has 10 nitrogen and oxygen atoms in total. The van der Waals surface area contributed by atoms with Crippen LogP contribution in [-0.4, -0.2) is 27.2 Å². The largest absolute Gasteiger partial charge is 0.573 e. The van der Waals surface area contributed by atoms with E-state index in [1.165, 1.54) is 18.2 Å². The van der Waals surface area contributed by atoms with Crippen molar-refractivity contribution in [1.82, 2.24) is 15.4 Å². The van der Waals surface area contributed by atoms with Crippen molar-refractivity contribution in [2.75, 3.05) is 10.7 Å². The number of halogens is 4. The highest BCUT2D eigenvalue weighted by Gasteiger charge is 2.31. The molecule has 3 N–H and O–H groups in total. The van der Waals surface area contributed by atoms with Gasteiger partial charge in [0, 0.05) is 10.2 Å². The zero-order valence-corrected chi connectivity index (χ0v) is 17.3. The van der Waals surface area contributed by atoms with Gasteiger partial charge in [-0.1, -0.05) is 12.1 Å². The van der Waals surface area contributed by atoms with Gasteiger partial charge in [-0.3, -0.25) is 25.8 Å². The fourth-order valence-corrected chi connectivity index (χ4v) is 2.90. The lowest BCUT2D eigenvalue weighted by molar-refractivity contribution is -0.383. The second-order valence-electron chi connectivity index (χ2n) is 5.93. The number of hydrogen-bond acceptors (Lipinski definition) is 8. The molecular formula is C18H12BrF3N6O4. The molecular weight excluding hydrogens is 501 g/mol. The predicted molar refractivity (Wildman–Crippen MR) is 110 cm³/mol. The Hall–Kier alpha value is -3.94. The molecule has 166 valence electrons. The van der Waals surface area contributed by atoms with E-state index in [2.05, 4.69) is 46.8 Å². The summed E-state index contributed by atoms with van der Waals surface area (Å²) in [5, 5.41) is 14.2. The van der Waals surface area contributed by atoms with Gasteiger partial charge in [0.15, 0.2) is 0 Å². The number of rotatable bonds is 7. The van der Waals surface area contributed by atoms with E-state index >= 15 is 0 Å². The summed E-state index contributed by atoms with van der Waals surface area (Å²) in [4.78, 5) is 30.7. The molecule has 1 aromatic heterocycles. The van der Waals surface area contributed by atoms with Crippen molar-refractivity contribution in [2.24, 2.45) is 0 Å². The molecule has 0 aliphatic heterocycles. The highest BCUT2D eigenvalue weighted by molar-refractivity contribution is 9.10. The van der Waals surface area contributed by atoms with Crippen LogP contribution in [0.4, 0.5) is 36.2 Å². The van der Waals surface area contributed by atoms with Gasteiger partial charge in [0.05, 0.1) is 10.5 Å². The van der Waals surface area contributed by atoms with Crippen molar-refractivity contribution in [3.8, 4) is 5.75 Å². The average Bonchev–Trinajstić information content (AvgIpc) is 2.72. The fourth-order valence-electron chi connectivity index (χ4n) is 2.44. The predicted octanol–water partition coefficient (Wildman–Crippen LogP) is 4.55. The van der Waals surface area contributed by atoms with Gasteiger partial charge in [0.1, 0.15) is 12.1 Å². The van der Waals surface area contributed by atoms with Crippen LogP contribution >= 0.6 is 15.9 Å². The first-order valence-electron chi connectivity index (χ1n) is 8.57. The average molecular weight is 513 g/mol. The van der Waals surface area contributed by atoms with Crippen molar-refractivity contribution in [1.29, 1.82) is 0 Å². The summed E-state index contributed by atoms with van der Waals surface area (Å²) in [5.74, 6) is -1.62. The smallest absolute Gasteiger partial charge is 0.406 e. The van der Waals surface area contributed by atoms with Gasteiger partial charge >= 0.3 is 12.0 Å². The topological polar surface area (TPSA) is 131 Å². The third-order valence-corrected chi connectivity index (χ3v) is 4.46. The number of nitrogens with zero attached hydrogens (tertiary/aromatic N) is 3. The van der Waals surface area contributed by atoms with Gasteiger partial charge in [0.25, 0.3) is 5.91 Å². The monoisotopic (exact) mass is 512 g/mol. The van der Waals surface area contributed by atoms with E-state index in [1.807, 2.05) is 0 Å². The standard InChI is InChI=1S/C18H12BrF3N6O4/c19-13-4-2-1-3-12(13)17(29)27-26-16-14(28(30)31)15(23-9-24-16)25-10-5-7-11(8-6-10)32-18(20,21)22/h1-9H,(H,27,29)(H2,23,24,25,26). The Morgan fingerprint density at radius 2 is 1.72 bits per heavy atom. The molecule has 0 bridgehead atoms. The van der Waals surface area contributed by atoms with Crippen LogP contribution in [0.25, 0.3) is 0 Å². The number of carbonyl (C=O) groups is 1. The number of alkyl halides is 3. The zero-order valence-electron chi connectivity index (χ0n) is 15.7. The normalized spacial score (nSPS) is 10.9. The van der Waals surface area contributed by atoms with Crippen molar-refractivity contribution in [3.63, 3.8) is 0 Å². The maximum absolute atomic E-state index is 12.3. The van der Waals surface area contributed by atoms with Crippen molar-refractivity contribution < 1.29 is 27.6 Å². The van der Waals surface area contributed by atoms with Gasteiger partial charge in [-0.15, -0.1) is 13.2 Å². The Kier molecular flexibility index (Phi) is 6.73. The number of anilines is 3.